The van der Waals surface area contributed by atoms with Crippen molar-refractivity contribution in [1.29, 1.82) is 0 Å². The molecule has 2 atom stereocenters. The molecule has 1 fully saturated rings. The number of rotatable bonds is 3. The van der Waals surface area contributed by atoms with Crippen molar-refractivity contribution in [2.24, 2.45) is 11.7 Å². The zero-order chi connectivity index (χ0) is 11.0. The lowest BCUT2D eigenvalue weighted by Gasteiger charge is -2.20. The predicted molar refractivity (Wildman–Crippen MR) is 62.1 cm³/mol. The molecular weight excluding hydrogens is 233 g/mol. The zero-order valence-electron chi connectivity index (χ0n) is 8.16. The Morgan fingerprint density at radius 3 is 2.60 bits per heavy atom. The highest BCUT2D eigenvalue weighted by Crippen LogP contribution is 2.39. The summed E-state index contributed by atoms with van der Waals surface area (Å²) < 4.78 is 0. The van der Waals surface area contributed by atoms with Gasteiger partial charge < -0.3 is 10.8 Å². The fraction of sp³-hybridized carbons (Fsp3) is 0.455. The summed E-state index contributed by atoms with van der Waals surface area (Å²) >= 11 is 11.9. The third-order valence-electron chi connectivity index (χ3n) is 2.81. The average molecular weight is 246 g/mol. The molecule has 82 valence electrons. The highest BCUT2D eigenvalue weighted by atomic mass is 35.5. The van der Waals surface area contributed by atoms with Crippen molar-refractivity contribution in [2.45, 2.75) is 25.0 Å². The summed E-state index contributed by atoms with van der Waals surface area (Å²) in [5.74, 6) is 0.329. The van der Waals surface area contributed by atoms with Crippen LogP contribution in [0.2, 0.25) is 10.0 Å². The molecular formula is C11H13Cl2NO. The van der Waals surface area contributed by atoms with Crippen molar-refractivity contribution in [3.63, 3.8) is 0 Å². The number of aliphatic hydroxyl groups is 1. The fourth-order valence-corrected chi connectivity index (χ4v) is 2.13. The molecule has 0 amide bonds. The van der Waals surface area contributed by atoms with Gasteiger partial charge in [0.1, 0.15) is 0 Å². The Labute approximate surface area is 99.0 Å². The highest BCUT2D eigenvalue weighted by molar-refractivity contribution is 6.42. The van der Waals surface area contributed by atoms with Crippen molar-refractivity contribution in [3.05, 3.63) is 33.8 Å². The number of halogens is 2. The molecule has 1 saturated carbocycles. The van der Waals surface area contributed by atoms with Crippen LogP contribution in [0.5, 0.6) is 0 Å². The second-order valence-electron chi connectivity index (χ2n) is 4.00. The molecule has 1 aromatic carbocycles. The van der Waals surface area contributed by atoms with E-state index in [1.807, 2.05) is 6.07 Å². The van der Waals surface area contributed by atoms with Crippen LogP contribution in [0, 0.1) is 5.92 Å². The highest BCUT2D eigenvalue weighted by Gasteiger charge is 2.35. The summed E-state index contributed by atoms with van der Waals surface area (Å²) in [5, 5.41) is 10.8. The minimum atomic E-state index is -0.513. The van der Waals surface area contributed by atoms with E-state index in [1.54, 1.807) is 12.1 Å². The van der Waals surface area contributed by atoms with Gasteiger partial charge in [-0.2, -0.15) is 0 Å². The maximum atomic E-state index is 9.90. The van der Waals surface area contributed by atoms with Crippen LogP contribution >= 0.6 is 23.2 Å². The molecule has 1 aliphatic rings. The zero-order valence-corrected chi connectivity index (χ0v) is 9.67. The molecule has 0 aliphatic heterocycles. The second-order valence-corrected chi connectivity index (χ2v) is 4.78. The van der Waals surface area contributed by atoms with E-state index in [2.05, 4.69) is 0 Å². The second kappa shape index (κ2) is 4.30. The molecule has 1 aliphatic carbocycles. The van der Waals surface area contributed by atoms with Crippen molar-refractivity contribution >= 4 is 23.2 Å². The maximum absolute atomic E-state index is 9.90. The van der Waals surface area contributed by atoms with Gasteiger partial charge in [-0.15, -0.1) is 0 Å². The van der Waals surface area contributed by atoms with E-state index >= 15 is 0 Å². The molecule has 3 N–H and O–H groups in total. The van der Waals surface area contributed by atoms with Crippen LogP contribution in [0.25, 0.3) is 0 Å². The molecule has 0 spiro atoms. The van der Waals surface area contributed by atoms with E-state index < -0.39 is 12.1 Å². The minimum absolute atomic E-state index is 0.329. The van der Waals surface area contributed by atoms with Gasteiger partial charge in [-0.25, -0.2) is 0 Å². The van der Waals surface area contributed by atoms with Gasteiger partial charge in [0.25, 0.3) is 0 Å². The maximum Gasteiger partial charge on any atom is 0.0761 e. The lowest BCUT2D eigenvalue weighted by atomic mass is 9.99. The third kappa shape index (κ3) is 2.28. The molecule has 0 unspecified atom stereocenters. The minimum Gasteiger partial charge on any atom is -0.391 e. The van der Waals surface area contributed by atoms with Crippen molar-refractivity contribution in [3.8, 4) is 0 Å². The summed E-state index contributed by atoms with van der Waals surface area (Å²) in [6.07, 6.45) is 1.58. The lowest BCUT2D eigenvalue weighted by Crippen LogP contribution is -2.28. The molecule has 1 aromatic rings. The first-order chi connectivity index (χ1) is 7.11. The van der Waals surface area contributed by atoms with Gasteiger partial charge in [-0.05, 0) is 30.4 Å². The Morgan fingerprint density at radius 1 is 1.33 bits per heavy atom. The Kier molecular flexibility index (Phi) is 3.21. The molecule has 4 heteroatoms. The number of benzene rings is 1. The first-order valence-electron chi connectivity index (χ1n) is 4.99. The standard InChI is InChI=1S/C11H13Cl2NO/c12-8-3-1-2-7(9(8)13)10(14)11(15)6-4-5-6/h1-3,6,10-11,15H,4-5,14H2/t10-,11+/m0/s1. The Hall–Kier alpha value is -0.280. The smallest absolute Gasteiger partial charge is 0.0761 e. The Morgan fingerprint density at radius 2 is 2.00 bits per heavy atom. The van der Waals surface area contributed by atoms with Gasteiger partial charge >= 0.3 is 0 Å². The SMILES string of the molecule is N[C@@H](c1cccc(Cl)c1Cl)[C@H](O)C1CC1. The molecule has 2 nitrogen and oxygen atoms in total. The van der Waals surface area contributed by atoms with Crippen molar-refractivity contribution in [2.75, 3.05) is 0 Å². The number of hydrogen-bond donors (Lipinski definition) is 2. The van der Waals surface area contributed by atoms with E-state index in [0.29, 0.717) is 16.0 Å². The van der Waals surface area contributed by atoms with Crippen molar-refractivity contribution < 1.29 is 5.11 Å². The first kappa shape index (κ1) is 11.2. The molecule has 0 radical (unpaired) electrons. The lowest BCUT2D eigenvalue weighted by molar-refractivity contribution is 0.122. The van der Waals surface area contributed by atoms with Gasteiger partial charge in [0.05, 0.1) is 22.2 Å². The molecule has 0 bridgehead atoms. The summed E-state index contributed by atoms with van der Waals surface area (Å²) in [4.78, 5) is 0. The van der Waals surface area contributed by atoms with E-state index in [-0.39, 0.29) is 0 Å². The van der Waals surface area contributed by atoms with Crippen LogP contribution in [0.1, 0.15) is 24.4 Å². The van der Waals surface area contributed by atoms with E-state index in [4.69, 9.17) is 28.9 Å². The molecule has 0 heterocycles. The van der Waals surface area contributed by atoms with E-state index in [9.17, 15) is 5.11 Å². The monoisotopic (exact) mass is 245 g/mol. The quantitative estimate of drug-likeness (QED) is 0.861. The number of aliphatic hydroxyl groups excluding tert-OH is 1. The number of nitrogens with two attached hydrogens (primary N) is 1. The van der Waals surface area contributed by atoms with Crippen LogP contribution < -0.4 is 5.73 Å². The summed E-state index contributed by atoms with van der Waals surface area (Å²) in [6.45, 7) is 0. The van der Waals surface area contributed by atoms with Crippen LogP contribution in [-0.2, 0) is 0 Å². The topological polar surface area (TPSA) is 46.2 Å². The molecule has 0 aromatic heterocycles. The van der Waals surface area contributed by atoms with Gasteiger partial charge in [0.2, 0.25) is 0 Å². The number of hydrogen-bond acceptors (Lipinski definition) is 2. The van der Waals surface area contributed by atoms with E-state index in [0.717, 1.165) is 18.4 Å². The molecule has 0 saturated heterocycles. The van der Waals surface area contributed by atoms with Crippen molar-refractivity contribution in [1.82, 2.24) is 0 Å². The molecule has 15 heavy (non-hydrogen) atoms. The van der Waals surface area contributed by atoms with Gasteiger partial charge in [-0.3, -0.25) is 0 Å². The Bertz CT molecular complexity index is 366. The summed E-state index contributed by atoms with van der Waals surface area (Å²) in [7, 11) is 0. The fourth-order valence-electron chi connectivity index (χ4n) is 1.69. The molecule has 2 rings (SSSR count). The van der Waals surface area contributed by atoms with Crippen LogP contribution in [0.3, 0.4) is 0 Å². The van der Waals surface area contributed by atoms with Gasteiger partial charge in [-0.1, -0.05) is 35.3 Å². The normalized spacial score (nSPS) is 20.0. The van der Waals surface area contributed by atoms with E-state index in [1.165, 1.54) is 0 Å². The largest absolute Gasteiger partial charge is 0.391 e. The average Bonchev–Trinajstić information content (AvgIpc) is 3.03. The Balaban J connectivity index is 2.24. The van der Waals surface area contributed by atoms with Gasteiger partial charge in [0.15, 0.2) is 0 Å². The van der Waals surface area contributed by atoms with Crippen LogP contribution in [-0.4, -0.2) is 11.2 Å². The first-order valence-corrected chi connectivity index (χ1v) is 5.74. The third-order valence-corrected chi connectivity index (χ3v) is 3.65. The summed E-state index contributed by atoms with van der Waals surface area (Å²) in [5.41, 5.74) is 6.68. The summed E-state index contributed by atoms with van der Waals surface area (Å²) in [6, 6.07) is 4.88. The predicted octanol–water partition coefficient (Wildman–Crippen LogP) is 2.76. The van der Waals surface area contributed by atoms with Crippen LogP contribution in [0.4, 0.5) is 0 Å². The van der Waals surface area contributed by atoms with Gasteiger partial charge in [0, 0.05) is 0 Å². The van der Waals surface area contributed by atoms with Crippen LogP contribution in [0.15, 0.2) is 18.2 Å².